The molecule has 28 heavy (non-hydrogen) atoms. The van der Waals surface area contributed by atoms with Crippen molar-refractivity contribution in [3.05, 3.63) is 64.7 Å². The number of nitrogens with one attached hydrogen (secondary N) is 2. The van der Waals surface area contributed by atoms with E-state index in [1.807, 2.05) is 12.1 Å². The summed E-state index contributed by atoms with van der Waals surface area (Å²) in [5.74, 6) is 0.632. The predicted molar refractivity (Wildman–Crippen MR) is 108 cm³/mol. The zero-order chi connectivity index (χ0) is 19.6. The summed E-state index contributed by atoms with van der Waals surface area (Å²) in [6, 6.07) is 14.0. The average molecular weight is 384 g/mol. The lowest BCUT2D eigenvalue weighted by atomic mass is 9.99. The van der Waals surface area contributed by atoms with Gasteiger partial charge in [-0.1, -0.05) is 24.3 Å². The zero-order valence-electron chi connectivity index (χ0n) is 16.1. The van der Waals surface area contributed by atoms with Gasteiger partial charge >= 0.3 is 0 Å². The molecule has 2 bridgehead atoms. The summed E-state index contributed by atoms with van der Waals surface area (Å²) in [6.45, 7) is 3.75. The highest BCUT2D eigenvalue weighted by molar-refractivity contribution is 5.94. The van der Waals surface area contributed by atoms with Gasteiger partial charge in [-0.05, 0) is 41.3 Å². The normalized spacial score (nSPS) is 15.0. The number of ether oxygens (including phenoxy) is 2. The number of hydrogen-bond donors (Lipinski definition) is 3. The van der Waals surface area contributed by atoms with E-state index >= 15 is 0 Å². The van der Waals surface area contributed by atoms with E-state index in [1.165, 1.54) is 11.1 Å². The van der Waals surface area contributed by atoms with E-state index in [1.54, 1.807) is 6.07 Å². The number of hydrogen-bond acceptors (Lipinski definition) is 5. The second-order valence-electron chi connectivity index (χ2n) is 6.79. The van der Waals surface area contributed by atoms with E-state index in [-0.39, 0.29) is 12.5 Å². The lowest BCUT2D eigenvalue weighted by Crippen LogP contribution is -2.25. The number of amides is 1. The number of carbonyl (C=O) groups is 1. The van der Waals surface area contributed by atoms with E-state index in [4.69, 9.17) is 14.6 Å². The SMILES string of the molecule is O=C(NCCCO)c1ccc2c(c1)Cc1cccc(c1)CNCCOCCO2. The van der Waals surface area contributed by atoms with E-state index < -0.39 is 0 Å². The molecule has 1 amide bonds. The van der Waals surface area contributed by atoms with Crippen molar-refractivity contribution in [3.63, 3.8) is 0 Å². The zero-order valence-corrected chi connectivity index (χ0v) is 16.1. The van der Waals surface area contributed by atoms with Gasteiger partial charge in [0.25, 0.3) is 5.91 Å². The Labute approximate surface area is 165 Å². The van der Waals surface area contributed by atoms with Crippen molar-refractivity contribution in [2.45, 2.75) is 19.4 Å². The summed E-state index contributed by atoms with van der Waals surface area (Å²) < 4.78 is 11.5. The van der Waals surface area contributed by atoms with Gasteiger partial charge in [0.1, 0.15) is 12.4 Å². The maximum Gasteiger partial charge on any atom is 0.251 e. The van der Waals surface area contributed by atoms with Crippen LogP contribution in [0.15, 0.2) is 42.5 Å². The van der Waals surface area contributed by atoms with Crippen LogP contribution in [-0.2, 0) is 17.7 Å². The fourth-order valence-electron chi connectivity index (χ4n) is 3.14. The van der Waals surface area contributed by atoms with E-state index in [0.29, 0.717) is 44.8 Å². The molecule has 0 spiro atoms. The molecule has 0 aromatic heterocycles. The van der Waals surface area contributed by atoms with Gasteiger partial charge in [-0.25, -0.2) is 0 Å². The van der Waals surface area contributed by atoms with Crippen LogP contribution < -0.4 is 15.4 Å². The van der Waals surface area contributed by atoms with Crippen LogP contribution in [0.3, 0.4) is 0 Å². The quantitative estimate of drug-likeness (QED) is 0.702. The molecular weight excluding hydrogens is 356 g/mol. The lowest BCUT2D eigenvalue weighted by Gasteiger charge is -2.15. The Hall–Kier alpha value is -2.41. The average Bonchev–Trinajstić information content (AvgIpc) is 2.70. The fraction of sp³-hybridized carbons (Fsp3) is 0.409. The first kappa shape index (κ1) is 20.3. The highest BCUT2D eigenvalue weighted by Crippen LogP contribution is 2.24. The first-order valence-electron chi connectivity index (χ1n) is 9.77. The predicted octanol–water partition coefficient (Wildman–Crippen LogP) is 1.89. The van der Waals surface area contributed by atoms with Crippen LogP contribution in [0.2, 0.25) is 0 Å². The Bertz CT molecular complexity index is 779. The van der Waals surface area contributed by atoms with Crippen molar-refractivity contribution < 1.29 is 19.4 Å². The minimum Gasteiger partial charge on any atom is -0.491 e. The molecule has 150 valence electrons. The monoisotopic (exact) mass is 384 g/mol. The largest absolute Gasteiger partial charge is 0.491 e. The Morgan fingerprint density at radius 3 is 2.89 bits per heavy atom. The fourth-order valence-corrected chi connectivity index (χ4v) is 3.14. The topological polar surface area (TPSA) is 79.8 Å². The van der Waals surface area contributed by atoms with Crippen LogP contribution >= 0.6 is 0 Å². The molecule has 1 heterocycles. The molecule has 6 heteroatoms. The molecule has 3 N–H and O–H groups in total. The van der Waals surface area contributed by atoms with E-state index in [2.05, 4.69) is 34.9 Å². The minimum absolute atomic E-state index is 0.0611. The Morgan fingerprint density at radius 1 is 1.11 bits per heavy atom. The first-order chi connectivity index (χ1) is 13.8. The lowest BCUT2D eigenvalue weighted by molar-refractivity contribution is 0.0950. The van der Waals surface area contributed by atoms with Gasteiger partial charge in [0, 0.05) is 38.2 Å². The summed E-state index contributed by atoms with van der Waals surface area (Å²) in [5, 5.41) is 15.1. The number of carbonyl (C=O) groups excluding carboxylic acids is 1. The summed E-state index contributed by atoms with van der Waals surface area (Å²) in [5.41, 5.74) is 3.96. The third kappa shape index (κ3) is 6.05. The molecular formula is C22H28N2O4. The molecule has 0 fully saturated rings. The van der Waals surface area contributed by atoms with Gasteiger partial charge in [-0.15, -0.1) is 0 Å². The molecule has 0 unspecified atom stereocenters. The van der Waals surface area contributed by atoms with E-state index in [9.17, 15) is 4.79 Å². The maximum atomic E-state index is 12.4. The van der Waals surface area contributed by atoms with Crippen molar-refractivity contribution in [2.75, 3.05) is 39.5 Å². The van der Waals surface area contributed by atoms with Crippen molar-refractivity contribution in [1.29, 1.82) is 0 Å². The van der Waals surface area contributed by atoms with Gasteiger partial charge in [0.15, 0.2) is 0 Å². The number of aliphatic hydroxyl groups excluding tert-OH is 1. The molecule has 0 saturated heterocycles. The van der Waals surface area contributed by atoms with Crippen molar-refractivity contribution in [2.24, 2.45) is 0 Å². The van der Waals surface area contributed by atoms with Crippen molar-refractivity contribution in [3.8, 4) is 5.75 Å². The molecule has 0 radical (unpaired) electrons. The summed E-state index contributed by atoms with van der Waals surface area (Å²) in [6.07, 6.45) is 1.22. The minimum atomic E-state index is -0.142. The van der Waals surface area contributed by atoms with Crippen LogP contribution in [0.4, 0.5) is 0 Å². The van der Waals surface area contributed by atoms with Gasteiger partial charge < -0.3 is 25.2 Å². The molecule has 2 aromatic carbocycles. The number of aliphatic hydroxyl groups is 1. The smallest absolute Gasteiger partial charge is 0.251 e. The molecule has 1 aliphatic rings. The Morgan fingerprint density at radius 2 is 2.00 bits per heavy atom. The van der Waals surface area contributed by atoms with Gasteiger partial charge in [0.05, 0.1) is 13.2 Å². The number of rotatable bonds is 4. The highest BCUT2D eigenvalue weighted by atomic mass is 16.5. The Kier molecular flexibility index (Phi) is 7.84. The molecule has 6 nitrogen and oxygen atoms in total. The molecule has 0 atom stereocenters. The third-order valence-corrected chi connectivity index (χ3v) is 4.57. The van der Waals surface area contributed by atoms with Crippen LogP contribution in [0.25, 0.3) is 0 Å². The van der Waals surface area contributed by atoms with Crippen molar-refractivity contribution in [1.82, 2.24) is 10.6 Å². The highest BCUT2D eigenvalue weighted by Gasteiger charge is 2.12. The summed E-state index contributed by atoms with van der Waals surface area (Å²) >= 11 is 0. The third-order valence-electron chi connectivity index (χ3n) is 4.57. The summed E-state index contributed by atoms with van der Waals surface area (Å²) in [4.78, 5) is 12.4. The maximum absolute atomic E-state index is 12.4. The molecule has 2 aromatic rings. The van der Waals surface area contributed by atoms with Gasteiger partial charge in [0.2, 0.25) is 0 Å². The van der Waals surface area contributed by atoms with Gasteiger partial charge in [-0.2, -0.15) is 0 Å². The van der Waals surface area contributed by atoms with Crippen molar-refractivity contribution >= 4 is 5.91 Å². The van der Waals surface area contributed by atoms with Crippen LogP contribution in [0, 0.1) is 0 Å². The molecule has 0 aliphatic carbocycles. The Balaban J connectivity index is 1.83. The van der Waals surface area contributed by atoms with Crippen LogP contribution in [-0.4, -0.2) is 50.5 Å². The number of benzene rings is 2. The summed E-state index contributed by atoms with van der Waals surface area (Å²) in [7, 11) is 0. The molecule has 0 saturated carbocycles. The van der Waals surface area contributed by atoms with Gasteiger partial charge in [-0.3, -0.25) is 4.79 Å². The second kappa shape index (κ2) is 10.8. The standard InChI is InChI=1S/C22H28N2O4/c25-9-2-7-24-22(26)19-5-6-21-20(15-19)14-17-3-1-4-18(13-17)16-23-8-10-27-11-12-28-21/h1,3-6,13,15,23,25H,2,7-12,14,16H2,(H,24,26). The van der Waals surface area contributed by atoms with Crippen LogP contribution in [0.1, 0.15) is 33.5 Å². The molecule has 3 rings (SSSR count). The first-order valence-corrected chi connectivity index (χ1v) is 9.77. The number of fused-ring (bicyclic) bond motifs is 3. The van der Waals surface area contributed by atoms with E-state index in [0.717, 1.165) is 24.4 Å². The van der Waals surface area contributed by atoms with Crippen LogP contribution in [0.5, 0.6) is 5.75 Å². The second-order valence-corrected chi connectivity index (χ2v) is 6.79. The molecule has 1 aliphatic heterocycles.